The summed E-state index contributed by atoms with van der Waals surface area (Å²) in [6.07, 6.45) is 9.77. The van der Waals surface area contributed by atoms with E-state index in [0.717, 1.165) is 24.1 Å². The van der Waals surface area contributed by atoms with Gasteiger partial charge in [0, 0.05) is 18.7 Å². The van der Waals surface area contributed by atoms with Gasteiger partial charge in [-0.3, -0.25) is 4.90 Å². The second kappa shape index (κ2) is 6.44. The topological polar surface area (TPSA) is 40.5 Å². The number of carbonyl (C=O) groups is 1. The van der Waals surface area contributed by atoms with E-state index >= 15 is 0 Å². The lowest BCUT2D eigenvalue weighted by Crippen LogP contribution is -2.34. The Morgan fingerprint density at radius 2 is 1.95 bits per heavy atom. The molecule has 1 aliphatic heterocycles. The summed E-state index contributed by atoms with van der Waals surface area (Å²) in [6.45, 7) is 2.26. The van der Waals surface area contributed by atoms with Crippen molar-refractivity contribution in [1.29, 1.82) is 0 Å². The first-order valence-corrected chi connectivity index (χ1v) is 7.96. The van der Waals surface area contributed by atoms with Crippen molar-refractivity contribution in [1.82, 2.24) is 4.90 Å². The molecule has 0 aromatic heterocycles. The van der Waals surface area contributed by atoms with Crippen LogP contribution < -0.4 is 0 Å². The van der Waals surface area contributed by atoms with E-state index in [2.05, 4.69) is 17.0 Å². The third kappa shape index (κ3) is 3.53. The standard InChI is InChI=1S/C18H23NO2/c20-18(21)10-9-14-5-7-15(8-6-14)13-19-12-11-16-3-1-2-4-17(16)19/h5-10,16-17H,1-4,11-13H2,(H,20,21)/b10-9+. The van der Waals surface area contributed by atoms with Crippen molar-refractivity contribution in [3.63, 3.8) is 0 Å². The molecule has 1 saturated carbocycles. The molecule has 3 rings (SSSR count). The first-order chi connectivity index (χ1) is 10.2. The Morgan fingerprint density at radius 3 is 2.71 bits per heavy atom. The Morgan fingerprint density at radius 1 is 1.19 bits per heavy atom. The van der Waals surface area contributed by atoms with E-state index in [0.29, 0.717) is 0 Å². The molecule has 2 atom stereocenters. The van der Waals surface area contributed by atoms with Crippen molar-refractivity contribution in [2.24, 2.45) is 5.92 Å². The minimum Gasteiger partial charge on any atom is -0.478 e. The van der Waals surface area contributed by atoms with Crippen LogP contribution in [0.3, 0.4) is 0 Å². The minimum absolute atomic E-state index is 0.797. The van der Waals surface area contributed by atoms with Crippen LogP contribution in [0.5, 0.6) is 0 Å². The average Bonchev–Trinajstić information content (AvgIpc) is 2.90. The van der Waals surface area contributed by atoms with Gasteiger partial charge in [-0.2, -0.15) is 0 Å². The van der Waals surface area contributed by atoms with Crippen LogP contribution in [0.25, 0.3) is 6.08 Å². The Balaban J connectivity index is 1.61. The van der Waals surface area contributed by atoms with Crippen LogP contribution in [0.2, 0.25) is 0 Å². The van der Waals surface area contributed by atoms with Crippen molar-refractivity contribution < 1.29 is 9.90 Å². The van der Waals surface area contributed by atoms with Crippen LogP contribution in [0.15, 0.2) is 30.3 Å². The van der Waals surface area contributed by atoms with Gasteiger partial charge in [-0.1, -0.05) is 37.1 Å². The third-order valence-corrected chi connectivity index (χ3v) is 4.91. The Kier molecular flexibility index (Phi) is 4.39. The van der Waals surface area contributed by atoms with Gasteiger partial charge >= 0.3 is 5.97 Å². The molecule has 2 unspecified atom stereocenters. The fourth-order valence-electron chi connectivity index (χ4n) is 3.84. The van der Waals surface area contributed by atoms with Gasteiger partial charge in [-0.25, -0.2) is 4.79 Å². The summed E-state index contributed by atoms with van der Waals surface area (Å²) in [7, 11) is 0. The number of aliphatic carboxylic acids is 1. The Bertz CT molecular complexity index is 521. The lowest BCUT2D eigenvalue weighted by molar-refractivity contribution is -0.131. The summed E-state index contributed by atoms with van der Waals surface area (Å²) in [5, 5.41) is 8.64. The number of fused-ring (bicyclic) bond motifs is 1. The number of hydrogen-bond acceptors (Lipinski definition) is 2. The molecule has 1 aromatic carbocycles. The van der Waals surface area contributed by atoms with Crippen molar-refractivity contribution >= 4 is 12.0 Å². The minimum atomic E-state index is -0.903. The average molecular weight is 285 g/mol. The fourth-order valence-corrected chi connectivity index (χ4v) is 3.84. The van der Waals surface area contributed by atoms with Gasteiger partial charge in [0.25, 0.3) is 0 Å². The third-order valence-electron chi connectivity index (χ3n) is 4.91. The monoisotopic (exact) mass is 285 g/mol. The van der Waals surface area contributed by atoms with Crippen molar-refractivity contribution in [2.45, 2.75) is 44.7 Å². The van der Waals surface area contributed by atoms with Gasteiger partial charge in [0.15, 0.2) is 0 Å². The molecule has 0 spiro atoms. The molecule has 3 nitrogen and oxygen atoms in total. The molecule has 0 bridgehead atoms. The lowest BCUT2D eigenvalue weighted by Gasteiger charge is -2.31. The molecule has 1 heterocycles. The molecule has 112 valence electrons. The summed E-state index contributed by atoms with van der Waals surface area (Å²) >= 11 is 0. The highest BCUT2D eigenvalue weighted by Gasteiger charge is 2.35. The lowest BCUT2D eigenvalue weighted by atomic mass is 9.85. The van der Waals surface area contributed by atoms with E-state index in [9.17, 15) is 4.79 Å². The first-order valence-electron chi connectivity index (χ1n) is 7.96. The zero-order chi connectivity index (χ0) is 14.7. The smallest absolute Gasteiger partial charge is 0.328 e. The maximum absolute atomic E-state index is 10.5. The number of hydrogen-bond donors (Lipinski definition) is 1. The highest BCUT2D eigenvalue weighted by atomic mass is 16.4. The largest absolute Gasteiger partial charge is 0.478 e. The zero-order valence-electron chi connectivity index (χ0n) is 12.4. The van der Waals surface area contributed by atoms with E-state index in [4.69, 9.17) is 5.11 Å². The molecule has 1 aromatic rings. The first kappa shape index (κ1) is 14.3. The molecule has 3 heteroatoms. The molecule has 21 heavy (non-hydrogen) atoms. The predicted octanol–water partition coefficient (Wildman–Crippen LogP) is 3.55. The number of rotatable bonds is 4. The molecule has 0 radical (unpaired) electrons. The number of benzene rings is 1. The fraction of sp³-hybridized carbons (Fsp3) is 0.500. The van der Waals surface area contributed by atoms with Gasteiger partial charge < -0.3 is 5.11 Å². The number of nitrogens with zero attached hydrogens (tertiary/aromatic N) is 1. The number of carboxylic acid groups (broad SMARTS) is 1. The molecule has 1 N–H and O–H groups in total. The second-order valence-electron chi connectivity index (χ2n) is 6.28. The molecule has 2 aliphatic rings. The highest BCUT2D eigenvalue weighted by molar-refractivity contribution is 5.85. The van der Waals surface area contributed by atoms with E-state index in [1.165, 1.54) is 50.3 Å². The molecule has 0 amide bonds. The van der Waals surface area contributed by atoms with Crippen molar-refractivity contribution in [3.8, 4) is 0 Å². The molecule has 2 fully saturated rings. The Labute approximate surface area is 126 Å². The van der Waals surface area contributed by atoms with E-state index in [-0.39, 0.29) is 0 Å². The SMILES string of the molecule is O=C(O)/C=C/c1ccc(CN2CCC3CCCCC32)cc1. The van der Waals surface area contributed by atoms with Crippen molar-refractivity contribution in [3.05, 3.63) is 41.5 Å². The van der Waals surface area contributed by atoms with Crippen LogP contribution in [0, 0.1) is 5.92 Å². The van der Waals surface area contributed by atoms with Crippen LogP contribution >= 0.6 is 0 Å². The second-order valence-corrected chi connectivity index (χ2v) is 6.28. The Hall–Kier alpha value is -1.61. The van der Waals surface area contributed by atoms with Crippen LogP contribution in [0.4, 0.5) is 0 Å². The highest BCUT2D eigenvalue weighted by Crippen LogP contribution is 2.36. The normalized spacial score (nSPS) is 26.1. The van der Waals surface area contributed by atoms with E-state index in [1.807, 2.05) is 12.1 Å². The quantitative estimate of drug-likeness (QED) is 0.860. The molecule has 1 saturated heterocycles. The maximum atomic E-state index is 10.5. The zero-order valence-corrected chi connectivity index (χ0v) is 12.4. The van der Waals surface area contributed by atoms with Gasteiger partial charge in [0.05, 0.1) is 0 Å². The van der Waals surface area contributed by atoms with E-state index < -0.39 is 5.97 Å². The molecular formula is C18H23NO2. The van der Waals surface area contributed by atoms with Crippen LogP contribution in [0.1, 0.15) is 43.2 Å². The summed E-state index contributed by atoms with van der Waals surface area (Å²) in [5.41, 5.74) is 2.27. The predicted molar refractivity (Wildman–Crippen MR) is 83.9 cm³/mol. The number of likely N-dealkylation sites (tertiary alicyclic amines) is 1. The number of carboxylic acids is 1. The molecule has 1 aliphatic carbocycles. The molecular weight excluding hydrogens is 262 g/mol. The summed E-state index contributed by atoms with van der Waals surface area (Å²) < 4.78 is 0. The summed E-state index contributed by atoms with van der Waals surface area (Å²) in [4.78, 5) is 13.2. The summed E-state index contributed by atoms with van der Waals surface area (Å²) in [5.74, 6) is 0.0241. The van der Waals surface area contributed by atoms with Gasteiger partial charge in [0.1, 0.15) is 0 Å². The van der Waals surface area contributed by atoms with Gasteiger partial charge in [-0.15, -0.1) is 0 Å². The van der Waals surface area contributed by atoms with Gasteiger partial charge in [0.2, 0.25) is 0 Å². The summed E-state index contributed by atoms with van der Waals surface area (Å²) in [6, 6.07) is 9.05. The van der Waals surface area contributed by atoms with Crippen LogP contribution in [-0.4, -0.2) is 28.6 Å². The maximum Gasteiger partial charge on any atom is 0.328 e. The van der Waals surface area contributed by atoms with E-state index in [1.54, 1.807) is 6.08 Å². The van der Waals surface area contributed by atoms with Gasteiger partial charge in [-0.05, 0) is 48.9 Å². The van der Waals surface area contributed by atoms with Crippen LogP contribution in [-0.2, 0) is 11.3 Å². The van der Waals surface area contributed by atoms with Crippen molar-refractivity contribution in [2.75, 3.05) is 6.54 Å².